The Balaban J connectivity index is 5.01. The van der Waals surface area contributed by atoms with Crippen LogP contribution in [0.4, 0.5) is 0 Å². The zero-order valence-electron chi connectivity index (χ0n) is 15.6. The van der Waals surface area contributed by atoms with Crippen LogP contribution in [0.2, 0.25) is 0 Å². The molecule has 2 unspecified atom stereocenters. The molecule has 0 fully saturated rings. The van der Waals surface area contributed by atoms with Crippen molar-refractivity contribution in [3.63, 3.8) is 0 Å². The summed E-state index contributed by atoms with van der Waals surface area (Å²) in [6.07, 6.45) is 1.46. The standard InChI is InChI=1S/C18H32O6/c1-6-9-15(19)22-12-14(23-16(20)10-7-2)18(13(4)5)24-17(21)11-8-3/h13-14,18H,6-12H2,1-5H3. The van der Waals surface area contributed by atoms with Crippen LogP contribution in [0.3, 0.4) is 0 Å². The normalized spacial score (nSPS) is 13.2. The summed E-state index contributed by atoms with van der Waals surface area (Å²) in [7, 11) is 0. The second kappa shape index (κ2) is 12.8. The Bertz CT molecular complexity index is 391. The molecule has 0 aromatic rings. The quantitative estimate of drug-likeness (QED) is 0.399. The maximum absolute atomic E-state index is 11.9. The summed E-state index contributed by atoms with van der Waals surface area (Å²) in [6, 6.07) is 0. The SMILES string of the molecule is CCCC(=O)OCC(OC(=O)CCC)C(OC(=O)CCC)C(C)C. The van der Waals surface area contributed by atoms with Gasteiger partial charge in [-0.05, 0) is 25.2 Å². The summed E-state index contributed by atoms with van der Waals surface area (Å²) in [5.74, 6) is -1.15. The molecule has 0 saturated heterocycles. The van der Waals surface area contributed by atoms with Gasteiger partial charge in [0.1, 0.15) is 12.7 Å². The van der Waals surface area contributed by atoms with Gasteiger partial charge in [0.25, 0.3) is 0 Å². The number of carbonyl (C=O) groups is 3. The molecule has 24 heavy (non-hydrogen) atoms. The molecule has 0 radical (unpaired) electrons. The van der Waals surface area contributed by atoms with Gasteiger partial charge >= 0.3 is 17.9 Å². The molecule has 0 spiro atoms. The largest absolute Gasteiger partial charge is 0.462 e. The maximum Gasteiger partial charge on any atom is 0.306 e. The van der Waals surface area contributed by atoms with Crippen molar-refractivity contribution in [3.8, 4) is 0 Å². The summed E-state index contributed by atoms with van der Waals surface area (Å²) in [5, 5.41) is 0. The summed E-state index contributed by atoms with van der Waals surface area (Å²) in [4.78, 5) is 35.3. The molecular weight excluding hydrogens is 312 g/mol. The highest BCUT2D eigenvalue weighted by Crippen LogP contribution is 2.17. The first-order valence-corrected chi connectivity index (χ1v) is 8.90. The molecule has 0 amide bonds. The summed E-state index contributed by atoms with van der Waals surface area (Å²) in [5.41, 5.74) is 0. The third-order valence-electron chi connectivity index (χ3n) is 3.34. The third kappa shape index (κ3) is 9.53. The van der Waals surface area contributed by atoms with Crippen molar-refractivity contribution >= 4 is 17.9 Å². The topological polar surface area (TPSA) is 78.9 Å². The van der Waals surface area contributed by atoms with Gasteiger partial charge in [-0.2, -0.15) is 0 Å². The van der Waals surface area contributed by atoms with Crippen LogP contribution in [-0.4, -0.2) is 36.7 Å². The fourth-order valence-electron chi connectivity index (χ4n) is 2.14. The van der Waals surface area contributed by atoms with Crippen LogP contribution in [0, 0.1) is 5.92 Å². The van der Waals surface area contributed by atoms with E-state index in [4.69, 9.17) is 14.2 Å². The Morgan fingerprint density at radius 3 is 1.67 bits per heavy atom. The summed E-state index contributed by atoms with van der Waals surface area (Å²) < 4.78 is 16.1. The van der Waals surface area contributed by atoms with E-state index in [0.29, 0.717) is 32.1 Å². The van der Waals surface area contributed by atoms with Crippen LogP contribution in [0.15, 0.2) is 0 Å². The van der Waals surface area contributed by atoms with Crippen LogP contribution < -0.4 is 0 Å². The number of esters is 3. The second-order valence-electron chi connectivity index (χ2n) is 6.16. The van der Waals surface area contributed by atoms with Gasteiger partial charge in [0.2, 0.25) is 0 Å². The van der Waals surface area contributed by atoms with E-state index in [2.05, 4.69) is 0 Å². The Kier molecular flexibility index (Phi) is 11.9. The highest BCUT2D eigenvalue weighted by atomic mass is 16.6. The van der Waals surface area contributed by atoms with Gasteiger partial charge < -0.3 is 14.2 Å². The van der Waals surface area contributed by atoms with Gasteiger partial charge in [-0.15, -0.1) is 0 Å². The van der Waals surface area contributed by atoms with E-state index in [-0.39, 0.29) is 36.9 Å². The number of ether oxygens (including phenoxy) is 3. The molecule has 0 N–H and O–H groups in total. The molecule has 0 bridgehead atoms. The first-order chi connectivity index (χ1) is 11.3. The lowest BCUT2D eigenvalue weighted by atomic mass is 10.0. The van der Waals surface area contributed by atoms with Crippen LogP contribution in [0.1, 0.15) is 73.1 Å². The molecule has 0 rings (SSSR count). The third-order valence-corrected chi connectivity index (χ3v) is 3.34. The van der Waals surface area contributed by atoms with Crippen molar-refractivity contribution in [2.24, 2.45) is 5.92 Å². The van der Waals surface area contributed by atoms with Gasteiger partial charge in [-0.25, -0.2) is 0 Å². The minimum Gasteiger partial charge on any atom is -0.462 e. The van der Waals surface area contributed by atoms with Crippen molar-refractivity contribution < 1.29 is 28.6 Å². The molecule has 0 aliphatic rings. The average Bonchev–Trinajstić information content (AvgIpc) is 2.50. The fourth-order valence-corrected chi connectivity index (χ4v) is 2.14. The predicted molar refractivity (Wildman–Crippen MR) is 90.3 cm³/mol. The molecule has 140 valence electrons. The van der Waals surface area contributed by atoms with E-state index in [0.717, 1.165) is 0 Å². The lowest BCUT2D eigenvalue weighted by molar-refractivity contribution is -0.179. The summed E-state index contributed by atoms with van der Waals surface area (Å²) >= 11 is 0. The molecule has 0 aliphatic heterocycles. The molecule has 0 aliphatic carbocycles. The van der Waals surface area contributed by atoms with Gasteiger partial charge in [-0.3, -0.25) is 14.4 Å². The molecule has 6 nitrogen and oxygen atoms in total. The highest BCUT2D eigenvalue weighted by molar-refractivity contribution is 5.71. The molecule has 2 atom stereocenters. The fraction of sp³-hybridized carbons (Fsp3) is 0.833. The number of rotatable bonds is 12. The lowest BCUT2D eigenvalue weighted by Crippen LogP contribution is -2.42. The summed E-state index contributed by atoms with van der Waals surface area (Å²) in [6.45, 7) is 9.28. The van der Waals surface area contributed by atoms with Gasteiger partial charge in [0, 0.05) is 19.3 Å². The monoisotopic (exact) mass is 344 g/mol. The molecule has 0 saturated carbocycles. The minimum atomic E-state index is -0.786. The Labute approximate surface area is 145 Å². The number of hydrogen-bond donors (Lipinski definition) is 0. The predicted octanol–water partition coefficient (Wildman–Crippen LogP) is 3.41. The molecule has 0 aromatic heterocycles. The minimum absolute atomic E-state index is 0.0740. The zero-order valence-corrected chi connectivity index (χ0v) is 15.6. The van der Waals surface area contributed by atoms with Crippen LogP contribution in [0.25, 0.3) is 0 Å². The Morgan fingerprint density at radius 2 is 1.21 bits per heavy atom. The van der Waals surface area contributed by atoms with Crippen molar-refractivity contribution in [1.82, 2.24) is 0 Å². The Morgan fingerprint density at radius 1 is 0.750 bits per heavy atom. The maximum atomic E-state index is 11.9. The van der Waals surface area contributed by atoms with Gasteiger partial charge in [0.15, 0.2) is 6.10 Å². The van der Waals surface area contributed by atoms with E-state index in [1.165, 1.54) is 0 Å². The molecular formula is C18H32O6. The van der Waals surface area contributed by atoms with Crippen LogP contribution >= 0.6 is 0 Å². The Hall–Kier alpha value is -1.59. The van der Waals surface area contributed by atoms with E-state index < -0.39 is 12.2 Å². The van der Waals surface area contributed by atoms with Crippen LogP contribution in [0.5, 0.6) is 0 Å². The van der Waals surface area contributed by atoms with Crippen LogP contribution in [-0.2, 0) is 28.6 Å². The van der Waals surface area contributed by atoms with Crippen molar-refractivity contribution in [2.75, 3.05) is 6.61 Å². The lowest BCUT2D eigenvalue weighted by Gasteiger charge is -2.29. The van der Waals surface area contributed by atoms with E-state index in [1.807, 2.05) is 34.6 Å². The van der Waals surface area contributed by atoms with Crippen molar-refractivity contribution in [1.29, 1.82) is 0 Å². The first-order valence-electron chi connectivity index (χ1n) is 8.90. The van der Waals surface area contributed by atoms with E-state index in [1.54, 1.807) is 0 Å². The van der Waals surface area contributed by atoms with E-state index >= 15 is 0 Å². The first kappa shape index (κ1) is 22.4. The smallest absolute Gasteiger partial charge is 0.306 e. The number of carbonyl (C=O) groups excluding carboxylic acids is 3. The van der Waals surface area contributed by atoms with E-state index in [9.17, 15) is 14.4 Å². The highest BCUT2D eigenvalue weighted by Gasteiger charge is 2.32. The average molecular weight is 344 g/mol. The number of hydrogen-bond acceptors (Lipinski definition) is 6. The molecule has 6 heteroatoms. The van der Waals surface area contributed by atoms with Crippen molar-refractivity contribution in [3.05, 3.63) is 0 Å². The second-order valence-corrected chi connectivity index (χ2v) is 6.16. The van der Waals surface area contributed by atoms with Gasteiger partial charge in [-0.1, -0.05) is 34.6 Å². The molecule has 0 aromatic carbocycles. The van der Waals surface area contributed by atoms with Crippen molar-refractivity contribution in [2.45, 2.75) is 85.4 Å². The zero-order chi connectivity index (χ0) is 18.5. The molecule has 0 heterocycles. The van der Waals surface area contributed by atoms with Gasteiger partial charge in [0.05, 0.1) is 0 Å².